The number of hydrogen-bond donors (Lipinski definition) is 1. The van der Waals surface area contributed by atoms with E-state index in [-0.39, 0.29) is 0 Å². The summed E-state index contributed by atoms with van der Waals surface area (Å²) in [4.78, 5) is 0. The third-order valence-electron chi connectivity index (χ3n) is 2.46. The van der Waals surface area contributed by atoms with E-state index in [0.29, 0.717) is 0 Å². The average Bonchev–Trinajstić information content (AvgIpc) is 2.59. The van der Waals surface area contributed by atoms with E-state index in [1.165, 1.54) is 24.8 Å². The van der Waals surface area contributed by atoms with Crippen molar-refractivity contribution in [3.63, 3.8) is 0 Å². The zero-order valence-electron chi connectivity index (χ0n) is 9.58. The van der Waals surface area contributed by atoms with Gasteiger partial charge in [0.15, 0.2) is 0 Å². The number of unbranched alkanes of at least 4 members (excludes halogenated alkanes) is 2. The van der Waals surface area contributed by atoms with Crippen LogP contribution >= 0.6 is 0 Å². The lowest BCUT2D eigenvalue weighted by atomic mass is 10.2. The van der Waals surface area contributed by atoms with Gasteiger partial charge in [-0.15, -0.1) is 0 Å². The lowest BCUT2D eigenvalue weighted by Gasteiger charge is -2.01. The lowest BCUT2D eigenvalue weighted by molar-refractivity contribution is 0.616. The minimum atomic E-state index is 0.723. The molecule has 1 N–H and O–H groups in total. The maximum atomic E-state index is 8.78. The van der Waals surface area contributed by atoms with E-state index < -0.39 is 0 Å². The zero-order valence-corrected chi connectivity index (χ0v) is 9.58. The third kappa shape index (κ3) is 3.77. The Labute approximate surface area is 91.7 Å². The number of nitrogens with one attached hydrogen (secondary N) is 1. The first-order valence-corrected chi connectivity index (χ1v) is 5.54. The van der Waals surface area contributed by atoms with Gasteiger partial charge in [-0.2, -0.15) is 5.26 Å². The van der Waals surface area contributed by atoms with Crippen molar-refractivity contribution < 1.29 is 0 Å². The Hall–Kier alpha value is -1.27. The number of nitriles is 1. The van der Waals surface area contributed by atoms with E-state index in [1.54, 1.807) is 0 Å². The Morgan fingerprint density at radius 3 is 2.87 bits per heavy atom. The van der Waals surface area contributed by atoms with Gasteiger partial charge in [-0.25, -0.2) is 0 Å². The van der Waals surface area contributed by atoms with Crippen molar-refractivity contribution in [2.75, 3.05) is 6.54 Å². The molecule has 0 saturated heterocycles. The van der Waals surface area contributed by atoms with Crippen LogP contribution in [0.1, 0.15) is 37.4 Å². The lowest BCUT2D eigenvalue weighted by Crippen LogP contribution is -2.14. The van der Waals surface area contributed by atoms with Gasteiger partial charge in [0.05, 0.1) is 0 Å². The van der Waals surface area contributed by atoms with Gasteiger partial charge in [0, 0.05) is 19.8 Å². The van der Waals surface area contributed by atoms with Gasteiger partial charge < -0.3 is 9.88 Å². The fraction of sp³-hybridized carbons (Fsp3) is 0.583. The summed E-state index contributed by atoms with van der Waals surface area (Å²) in [5.41, 5.74) is 1.91. The molecule has 1 rings (SSSR count). The Kier molecular flexibility index (Phi) is 4.92. The molecule has 15 heavy (non-hydrogen) atoms. The van der Waals surface area contributed by atoms with Gasteiger partial charge in [-0.1, -0.05) is 19.8 Å². The number of aryl methyl sites for hydroxylation is 1. The number of aromatic nitrogens is 1. The molecule has 1 aromatic heterocycles. The molecule has 0 radical (unpaired) electrons. The van der Waals surface area contributed by atoms with Crippen molar-refractivity contribution in [1.29, 1.82) is 5.26 Å². The third-order valence-corrected chi connectivity index (χ3v) is 2.46. The largest absolute Gasteiger partial charge is 0.342 e. The molecule has 3 nitrogen and oxygen atoms in total. The Balaban J connectivity index is 2.29. The molecule has 0 saturated carbocycles. The summed E-state index contributed by atoms with van der Waals surface area (Å²) in [5.74, 6) is 0. The predicted octanol–water partition coefficient (Wildman–Crippen LogP) is 2.18. The first kappa shape index (κ1) is 11.8. The van der Waals surface area contributed by atoms with E-state index in [9.17, 15) is 0 Å². The SMILES string of the molecule is CCCCCNCc1cc(C#N)n(C)c1. The van der Waals surface area contributed by atoms with Crippen LogP contribution in [0.5, 0.6) is 0 Å². The summed E-state index contributed by atoms with van der Waals surface area (Å²) in [5, 5.41) is 12.2. The highest BCUT2D eigenvalue weighted by Gasteiger charge is 2.00. The molecule has 3 heteroatoms. The van der Waals surface area contributed by atoms with Crippen LogP contribution in [0, 0.1) is 11.3 Å². The summed E-state index contributed by atoms with van der Waals surface area (Å²) in [7, 11) is 1.90. The molecular weight excluding hydrogens is 186 g/mol. The van der Waals surface area contributed by atoms with Crippen LogP contribution in [0.4, 0.5) is 0 Å². The maximum absolute atomic E-state index is 8.78. The summed E-state index contributed by atoms with van der Waals surface area (Å²) < 4.78 is 1.86. The van der Waals surface area contributed by atoms with E-state index in [0.717, 1.165) is 18.8 Å². The monoisotopic (exact) mass is 205 g/mol. The van der Waals surface area contributed by atoms with Gasteiger partial charge >= 0.3 is 0 Å². The van der Waals surface area contributed by atoms with Crippen LogP contribution in [-0.4, -0.2) is 11.1 Å². The molecule has 0 aromatic carbocycles. The molecular formula is C12H19N3. The molecule has 0 amide bonds. The maximum Gasteiger partial charge on any atom is 0.120 e. The summed E-state index contributed by atoms with van der Waals surface area (Å²) in [6.07, 6.45) is 5.77. The van der Waals surface area contributed by atoms with E-state index >= 15 is 0 Å². The quantitative estimate of drug-likeness (QED) is 0.723. The predicted molar refractivity (Wildman–Crippen MR) is 61.4 cm³/mol. The van der Waals surface area contributed by atoms with Crippen molar-refractivity contribution in [2.45, 2.75) is 32.7 Å². The smallest absolute Gasteiger partial charge is 0.120 e. The Bertz CT molecular complexity index is 333. The molecule has 0 aliphatic carbocycles. The summed E-state index contributed by atoms with van der Waals surface area (Å²) in [6, 6.07) is 4.10. The van der Waals surface area contributed by atoms with Crippen LogP contribution in [-0.2, 0) is 13.6 Å². The second-order valence-corrected chi connectivity index (χ2v) is 3.84. The van der Waals surface area contributed by atoms with Gasteiger partial charge in [-0.3, -0.25) is 0 Å². The molecule has 0 aliphatic rings. The van der Waals surface area contributed by atoms with E-state index in [4.69, 9.17) is 5.26 Å². The second kappa shape index (κ2) is 6.26. The zero-order chi connectivity index (χ0) is 11.1. The van der Waals surface area contributed by atoms with Crippen LogP contribution in [0.25, 0.3) is 0 Å². The molecule has 0 unspecified atom stereocenters. The van der Waals surface area contributed by atoms with Gasteiger partial charge in [0.1, 0.15) is 11.8 Å². The molecule has 0 bridgehead atoms. The fourth-order valence-electron chi connectivity index (χ4n) is 1.57. The number of nitrogens with zero attached hydrogens (tertiary/aromatic N) is 2. The van der Waals surface area contributed by atoms with Crippen LogP contribution in [0.15, 0.2) is 12.3 Å². The summed E-state index contributed by atoms with van der Waals surface area (Å²) >= 11 is 0. The van der Waals surface area contributed by atoms with Crippen LogP contribution < -0.4 is 5.32 Å². The first-order valence-electron chi connectivity index (χ1n) is 5.54. The van der Waals surface area contributed by atoms with E-state index in [1.807, 2.05) is 23.9 Å². The van der Waals surface area contributed by atoms with Crippen molar-refractivity contribution in [1.82, 2.24) is 9.88 Å². The van der Waals surface area contributed by atoms with Crippen LogP contribution in [0.3, 0.4) is 0 Å². The fourth-order valence-corrected chi connectivity index (χ4v) is 1.57. The highest BCUT2D eigenvalue weighted by atomic mass is 14.9. The van der Waals surface area contributed by atoms with Crippen LogP contribution in [0.2, 0.25) is 0 Å². The van der Waals surface area contributed by atoms with Gasteiger partial charge in [0.25, 0.3) is 0 Å². The van der Waals surface area contributed by atoms with Crippen molar-refractivity contribution in [3.8, 4) is 6.07 Å². The average molecular weight is 205 g/mol. The molecule has 0 fully saturated rings. The number of hydrogen-bond acceptors (Lipinski definition) is 2. The first-order chi connectivity index (χ1) is 7.27. The van der Waals surface area contributed by atoms with E-state index in [2.05, 4.69) is 18.3 Å². The minimum Gasteiger partial charge on any atom is -0.342 e. The topological polar surface area (TPSA) is 40.8 Å². The molecule has 1 heterocycles. The number of rotatable bonds is 6. The molecule has 0 spiro atoms. The second-order valence-electron chi connectivity index (χ2n) is 3.84. The Morgan fingerprint density at radius 1 is 1.47 bits per heavy atom. The highest BCUT2D eigenvalue weighted by molar-refractivity contribution is 5.28. The Morgan fingerprint density at radius 2 is 2.27 bits per heavy atom. The highest BCUT2D eigenvalue weighted by Crippen LogP contribution is 2.05. The van der Waals surface area contributed by atoms with Crippen molar-refractivity contribution >= 4 is 0 Å². The summed E-state index contributed by atoms with van der Waals surface area (Å²) in [6.45, 7) is 4.13. The molecule has 82 valence electrons. The minimum absolute atomic E-state index is 0.723. The molecule has 1 aromatic rings. The normalized spacial score (nSPS) is 10.2. The van der Waals surface area contributed by atoms with Crippen molar-refractivity contribution in [3.05, 3.63) is 23.5 Å². The standard InChI is InChI=1S/C12H19N3/c1-3-4-5-6-14-9-11-7-12(8-13)15(2)10-11/h7,10,14H,3-6,9H2,1-2H3. The molecule has 0 aliphatic heterocycles. The molecule has 0 atom stereocenters. The van der Waals surface area contributed by atoms with Gasteiger partial charge in [-0.05, 0) is 24.6 Å². The van der Waals surface area contributed by atoms with Gasteiger partial charge in [0.2, 0.25) is 0 Å². The van der Waals surface area contributed by atoms with Crippen molar-refractivity contribution in [2.24, 2.45) is 7.05 Å².